The van der Waals surface area contributed by atoms with E-state index in [4.69, 9.17) is 4.74 Å². The molecule has 0 N–H and O–H groups in total. The molecule has 0 aromatic carbocycles. The number of ether oxygens (including phenoxy) is 1. The predicted molar refractivity (Wildman–Crippen MR) is 72.8 cm³/mol. The van der Waals surface area contributed by atoms with Crippen molar-refractivity contribution >= 4 is 6.03 Å². The van der Waals surface area contributed by atoms with Crippen LogP contribution in [0.25, 0.3) is 0 Å². The molecule has 2 heterocycles. The minimum Gasteiger partial charge on any atom is -0.378 e. The second-order valence-corrected chi connectivity index (χ2v) is 4.88. The van der Waals surface area contributed by atoms with Gasteiger partial charge in [0.15, 0.2) is 0 Å². The number of morpholine rings is 1. The topological polar surface area (TPSA) is 36.0 Å². The monoisotopic (exact) mass is 257 g/mol. The molecule has 2 aliphatic heterocycles. The van der Waals surface area contributed by atoms with Crippen LogP contribution >= 0.6 is 0 Å². The van der Waals surface area contributed by atoms with Gasteiger partial charge in [0.2, 0.25) is 0 Å². The van der Waals surface area contributed by atoms with E-state index in [9.17, 15) is 4.79 Å². The van der Waals surface area contributed by atoms with E-state index in [-0.39, 0.29) is 6.03 Å². The Kier molecular flexibility index (Phi) is 7.05. The zero-order valence-corrected chi connectivity index (χ0v) is 12.0. The Morgan fingerprint density at radius 3 is 1.89 bits per heavy atom. The Labute approximate surface area is 111 Å². The molecule has 5 heteroatoms. The van der Waals surface area contributed by atoms with E-state index in [2.05, 4.69) is 25.8 Å². The minimum atomic E-state index is 0.186. The fraction of sp³-hybridized carbons (Fsp3) is 0.923. The van der Waals surface area contributed by atoms with Gasteiger partial charge in [-0.15, -0.1) is 0 Å². The molecular weight excluding hydrogens is 230 g/mol. The standard InChI is InChI=1S/C10H19N3O2.C3H8/c1-11-2-4-12(5-3-11)10(14)13-6-8-15-9-7-13;1-3-2/h2-9H2,1H3;3H2,1-2H3. The number of piperazine rings is 1. The van der Waals surface area contributed by atoms with Crippen LogP contribution in [0.2, 0.25) is 0 Å². The third-order valence-electron chi connectivity index (χ3n) is 3.06. The predicted octanol–water partition coefficient (Wildman–Crippen LogP) is 1.10. The number of hydrogen-bond acceptors (Lipinski definition) is 3. The lowest BCUT2D eigenvalue weighted by Gasteiger charge is -2.37. The maximum atomic E-state index is 12.0. The van der Waals surface area contributed by atoms with E-state index in [1.54, 1.807) is 0 Å². The van der Waals surface area contributed by atoms with Gasteiger partial charge < -0.3 is 19.4 Å². The van der Waals surface area contributed by atoms with Gasteiger partial charge in [-0.2, -0.15) is 0 Å². The van der Waals surface area contributed by atoms with Crippen LogP contribution in [0, 0.1) is 0 Å². The van der Waals surface area contributed by atoms with Crippen LogP contribution in [-0.2, 0) is 4.74 Å². The molecule has 0 unspecified atom stereocenters. The van der Waals surface area contributed by atoms with Crippen molar-refractivity contribution in [1.82, 2.24) is 14.7 Å². The third kappa shape index (κ3) is 4.82. The molecule has 2 rings (SSSR count). The zero-order chi connectivity index (χ0) is 13.4. The maximum absolute atomic E-state index is 12.0. The molecule has 2 saturated heterocycles. The smallest absolute Gasteiger partial charge is 0.320 e. The summed E-state index contributed by atoms with van der Waals surface area (Å²) in [6, 6.07) is 0.186. The van der Waals surface area contributed by atoms with E-state index < -0.39 is 0 Å². The first-order valence-corrected chi connectivity index (χ1v) is 6.99. The van der Waals surface area contributed by atoms with Crippen molar-refractivity contribution in [2.24, 2.45) is 0 Å². The van der Waals surface area contributed by atoms with Crippen LogP contribution in [0.3, 0.4) is 0 Å². The third-order valence-corrected chi connectivity index (χ3v) is 3.06. The number of amides is 2. The first kappa shape index (κ1) is 15.2. The zero-order valence-electron chi connectivity index (χ0n) is 12.0. The van der Waals surface area contributed by atoms with Gasteiger partial charge in [0.25, 0.3) is 0 Å². The number of rotatable bonds is 0. The summed E-state index contributed by atoms with van der Waals surface area (Å²) in [5.41, 5.74) is 0. The molecule has 2 fully saturated rings. The lowest BCUT2D eigenvalue weighted by molar-refractivity contribution is 0.0389. The number of likely N-dealkylation sites (N-methyl/N-ethyl adjacent to an activating group) is 1. The number of carbonyl (C=O) groups is 1. The summed E-state index contributed by atoms with van der Waals surface area (Å²) in [5.74, 6) is 0. The van der Waals surface area contributed by atoms with Crippen LogP contribution in [-0.4, -0.2) is 80.3 Å². The van der Waals surface area contributed by atoms with Gasteiger partial charge >= 0.3 is 6.03 Å². The van der Waals surface area contributed by atoms with Crippen LogP contribution < -0.4 is 0 Å². The van der Waals surface area contributed by atoms with Gasteiger partial charge in [-0.1, -0.05) is 20.3 Å². The van der Waals surface area contributed by atoms with Gasteiger partial charge in [-0.25, -0.2) is 4.79 Å². The quantitative estimate of drug-likeness (QED) is 0.652. The molecule has 0 saturated carbocycles. The van der Waals surface area contributed by atoms with E-state index in [1.807, 2.05) is 9.80 Å². The average Bonchev–Trinajstić information content (AvgIpc) is 2.41. The normalized spacial score (nSPS) is 21.3. The average molecular weight is 257 g/mol. The number of carbonyl (C=O) groups excluding carboxylic acids is 1. The molecular formula is C13H27N3O2. The second-order valence-electron chi connectivity index (χ2n) is 4.88. The summed E-state index contributed by atoms with van der Waals surface area (Å²) in [6.45, 7) is 10.8. The number of hydrogen-bond donors (Lipinski definition) is 0. The van der Waals surface area contributed by atoms with Crippen LogP contribution in [0.5, 0.6) is 0 Å². The van der Waals surface area contributed by atoms with Gasteiger partial charge in [0, 0.05) is 39.3 Å². The van der Waals surface area contributed by atoms with E-state index in [1.165, 1.54) is 6.42 Å². The first-order valence-electron chi connectivity index (χ1n) is 6.99. The summed E-state index contributed by atoms with van der Waals surface area (Å²) in [5, 5.41) is 0. The van der Waals surface area contributed by atoms with Crippen molar-refractivity contribution in [3.63, 3.8) is 0 Å². The van der Waals surface area contributed by atoms with Crippen molar-refractivity contribution < 1.29 is 9.53 Å². The number of urea groups is 1. The lowest BCUT2D eigenvalue weighted by Crippen LogP contribution is -2.54. The summed E-state index contributed by atoms with van der Waals surface area (Å²) in [7, 11) is 2.09. The molecule has 18 heavy (non-hydrogen) atoms. The molecule has 0 radical (unpaired) electrons. The molecule has 0 aromatic heterocycles. The highest BCUT2D eigenvalue weighted by molar-refractivity contribution is 5.74. The van der Waals surface area contributed by atoms with Gasteiger partial charge in [-0.05, 0) is 7.05 Å². The van der Waals surface area contributed by atoms with Crippen molar-refractivity contribution in [1.29, 1.82) is 0 Å². The molecule has 106 valence electrons. The van der Waals surface area contributed by atoms with E-state index >= 15 is 0 Å². The highest BCUT2D eigenvalue weighted by Crippen LogP contribution is 2.06. The maximum Gasteiger partial charge on any atom is 0.320 e. The molecule has 2 amide bonds. The summed E-state index contributed by atoms with van der Waals surface area (Å²) in [4.78, 5) is 18.1. The highest BCUT2D eigenvalue weighted by Gasteiger charge is 2.24. The van der Waals surface area contributed by atoms with Crippen molar-refractivity contribution in [2.75, 3.05) is 59.5 Å². The highest BCUT2D eigenvalue weighted by atomic mass is 16.5. The Balaban J connectivity index is 0.000000492. The first-order chi connectivity index (χ1) is 8.69. The molecule has 0 atom stereocenters. The molecule has 2 aliphatic rings. The minimum absolute atomic E-state index is 0.186. The summed E-state index contributed by atoms with van der Waals surface area (Å²) < 4.78 is 5.23. The Bertz CT molecular complexity index is 234. The van der Waals surface area contributed by atoms with E-state index in [0.717, 1.165) is 39.3 Å². The number of nitrogens with zero attached hydrogens (tertiary/aromatic N) is 3. The van der Waals surface area contributed by atoms with Gasteiger partial charge in [0.05, 0.1) is 13.2 Å². The molecule has 0 spiro atoms. The van der Waals surface area contributed by atoms with Crippen LogP contribution in [0.1, 0.15) is 20.3 Å². The molecule has 0 bridgehead atoms. The van der Waals surface area contributed by atoms with Crippen molar-refractivity contribution in [3.05, 3.63) is 0 Å². The fourth-order valence-corrected chi connectivity index (χ4v) is 1.95. The lowest BCUT2D eigenvalue weighted by atomic mass is 10.3. The Morgan fingerprint density at radius 2 is 1.39 bits per heavy atom. The van der Waals surface area contributed by atoms with Gasteiger partial charge in [-0.3, -0.25) is 0 Å². The Morgan fingerprint density at radius 1 is 0.944 bits per heavy atom. The summed E-state index contributed by atoms with van der Waals surface area (Å²) >= 11 is 0. The SMILES string of the molecule is CCC.CN1CCN(C(=O)N2CCOCC2)CC1. The van der Waals surface area contributed by atoms with E-state index in [0.29, 0.717) is 13.2 Å². The summed E-state index contributed by atoms with van der Waals surface area (Å²) in [6.07, 6.45) is 1.25. The Hall–Kier alpha value is -0.810. The molecule has 0 aliphatic carbocycles. The van der Waals surface area contributed by atoms with Gasteiger partial charge in [0.1, 0.15) is 0 Å². The largest absolute Gasteiger partial charge is 0.378 e. The second kappa shape index (κ2) is 8.32. The van der Waals surface area contributed by atoms with Crippen molar-refractivity contribution in [2.45, 2.75) is 20.3 Å². The fourth-order valence-electron chi connectivity index (χ4n) is 1.95. The van der Waals surface area contributed by atoms with Crippen molar-refractivity contribution in [3.8, 4) is 0 Å². The van der Waals surface area contributed by atoms with Crippen LogP contribution in [0.15, 0.2) is 0 Å². The molecule has 0 aromatic rings. The van der Waals surface area contributed by atoms with Crippen LogP contribution in [0.4, 0.5) is 4.79 Å². The molecule has 5 nitrogen and oxygen atoms in total.